The summed E-state index contributed by atoms with van der Waals surface area (Å²) in [6, 6.07) is -0.224. The highest BCUT2D eigenvalue weighted by atomic mass is 16.5. The Morgan fingerprint density at radius 1 is 1.63 bits per heavy atom. The zero-order chi connectivity index (χ0) is 13.8. The molecule has 104 valence electrons. The number of hydrogen-bond acceptors (Lipinski definition) is 4. The quantitative estimate of drug-likeness (QED) is 0.710. The van der Waals surface area contributed by atoms with Crippen molar-refractivity contribution < 1.29 is 19.4 Å². The monoisotopic (exact) mass is 268 g/mol. The van der Waals surface area contributed by atoms with Crippen molar-refractivity contribution in [3.8, 4) is 0 Å². The van der Waals surface area contributed by atoms with Crippen molar-refractivity contribution in [2.24, 2.45) is 0 Å². The lowest BCUT2D eigenvalue weighted by atomic mass is 10.0. The van der Waals surface area contributed by atoms with Gasteiger partial charge in [-0.15, -0.1) is 0 Å². The molecule has 2 atom stereocenters. The van der Waals surface area contributed by atoms with E-state index in [0.717, 1.165) is 0 Å². The van der Waals surface area contributed by atoms with Crippen LogP contribution in [0.15, 0.2) is 12.4 Å². The van der Waals surface area contributed by atoms with Crippen LogP contribution in [0.4, 0.5) is 4.79 Å². The van der Waals surface area contributed by atoms with Crippen molar-refractivity contribution in [3.05, 3.63) is 18.2 Å². The normalized spacial score (nSPS) is 23.1. The standard InChI is InChI=1S/C11H16N4O4/c1-19-8-6-15(11(17)18)5-2-7(8)14-10(16)9-12-3-4-13-9/h3-4,7-8H,2,5-6H2,1H3,(H,12,13)(H,14,16)(H,17,18)/t7-,8+/m1/s1. The van der Waals surface area contributed by atoms with Gasteiger partial charge in [-0.25, -0.2) is 9.78 Å². The minimum atomic E-state index is -0.974. The topological polar surface area (TPSA) is 108 Å². The fourth-order valence-electron chi connectivity index (χ4n) is 2.12. The van der Waals surface area contributed by atoms with Gasteiger partial charge in [-0.1, -0.05) is 0 Å². The van der Waals surface area contributed by atoms with E-state index >= 15 is 0 Å². The Hall–Kier alpha value is -2.09. The first-order valence-electron chi connectivity index (χ1n) is 5.92. The Bertz CT molecular complexity index is 448. The van der Waals surface area contributed by atoms with Crippen molar-refractivity contribution >= 4 is 12.0 Å². The summed E-state index contributed by atoms with van der Waals surface area (Å²) in [7, 11) is 1.50. The van der Waals surface area contributed by atoms with Crippen LogP contribution in [0, 0.1) is 0 Å². The number of piperidine rings is 1. The maximum absolute atomic E-state index is 11.9. The van der Waals surface area contributed by atoms with Gasteiger partial charge in [0, 0.05) is 26.0 Å². The van der Waals surface area contributed by atoms with E-state index < -0.39 is 6.09 Å². The molecule has 1 aliphatic heterocycles. The zero-order valence-electron chi connectivity index (χ0n) is 10.5. The zero-order valence-corrected chi connectivity index (χ0v) is 10.5. The molecular formula is C11H16N4O4. The molecule has 1 saturated heterocycles. The molecule has 1 aromatic heterocycles. The van der Waals surface area contributed by atoms with Gasteiger partial charge in [0.25, 0.3) is 5.91 Å². The Morgan fingerprint density at radius 2 is 2.42 bits per heavy atom. The second-order valence-corrected chi connectivity index (χ2v) is 4.31. The average Bonchev–Trinajstić information content (AvgIpc) is 2.92. The number of rotatable bonds is 3. The molecule has 0 aliphatic carbocycles. The summed E-state index contributed by atoms with van der Waals surface area (Å²) in [6.45, 7) is 0.618. The number of carboxylic acid groups (broad SMARTS) is 1. The van der Waals surface area contributed by atoms with Crippen molar-refractivity contribution in [1.29, 1.82) is 0 Å². The summed E-state index contributed by atoms with van der Waals surface area (Å²) in [5.74, 6) is -0.0867. The fourth-order valence-corrected chi connectivity index (χ4v) is 2.12. The van der Waals surface area contributed by atoms with E-state index in [2.05, 4.69) is 15.3 Å². The van der Waals surface area contributed by atoms with Crippen LogP contribution in [0.3, 0.4) is 0 Å². The van der Waals surface area contributed by atoms with E-state index in [0.29, 0.717) is 13.0 Å². The molecule has 0 spiro atoms. The second kappa shape index (κ2) is 5.70. The number of ether oxygens (including phenoxy) is 1. The lowest BCUT2D eigenvalue weighted by Crippen LogP contribution is -2.55. The van der Waals surface area contributed by atoms with Gasteiger partial charge in [0.1, 0.15) is 0 Å². The molecule has 0 unspecified atom stereocenters. The Morgan fingerprint density at radius 3 is 3.00 bits per heavy atom. The molecule has 1 fully saturated rings. The second-order valence-electron chi connectivity index (χ2n) is 4.31. The third-order valence-corrected chi connectivity index (χ3v) is 3.16. The van der Waals surface area contributed by atoms with Gasteiger partial charge in [0.15, 0.2) is 5.82 Å². The first kappa shape index (κ1) is 13.3. The number of H-pyrrole nitrogens is 1. The van der Waals surface area contributed by atoms with Gasteiger partial charge in [-0.2, -0.15) is 0 Å². The molecule has 2 amide bonds. The van der Waals surface area contributed by atoms with Crippen molar-refractivity contribution in [2.75, 3.05) is 20.2 Å². The van der Waals surface area contributed by atoms with E-state index in [1.807, 2.05) is 0 Å². The summed E-state index contributed by atoms with van der Waals surface area (Å²) >= 11 is 0. The van der Waals surface area contributed by atoms with Gasteiger partial charge in [-0.05, 0) is 6.42 Å². The summed E-state index contributed by atoms with van der Waals surface area (Å²) in [5, 5.41) is 11.7. The maximum Gasteiger partial charge on any atom is 0.407 e. The maximum atomic E-state index is 11.9. The van der Waals surface area contributed by atoms with Crippen molar-refractivity contribution in [3.63, 3.8) is 0 Å². The van der Waals surface area contributed by atoms with E-state index in [1.54, 1.807) is 6.20 Å². The number of likely N-dealkylation sites (tertiary alicyclic amines) is 1. The van der Waals surface area contributed by atoms with Crippen LogP contribution in [0.2, 0.25) is 0 Å². The number of hydrogen-bond donors (Lipinski definition) is 3. The summed E-state index contributed by atoms with van der Waals surface area (Å²) in [6.07, 6.45) is 2.24. The number of aromatic nitrogens is 2. The molecular weight excluding hydrogens is 252 g/mol. The third-order valence-electron chi connectivity index (χ3n) is 3.16. The Kier molecular flexibility index (Phi) is 4.00. The first-order valence-corrected chi connectivity index (χ1v) is 5.92. The summed E-state index contributed by atoms with van der Waals surface area (Å²) in [5.41, 5.74) is 0. The number of nitrogens with zero attached hydrogens (tertiary/aromatic N) is 2. The highest BCUT2D eigenvalue weighted by Gasteiger charge is 2.32. The van der Waals surface area contributed by atoms with Crippen LogP contribution in [-0.4, -0.2) is 64.3 Å². The van der Waals surface area contributed by atoms with Crippen LogP contribution in [0.1, 0.15) is 17.0 Å². The van der Waals surface area contributed by atoms with E-state index in [4.69, 9.17) is 9.84 Å². The molecule has 19 heavy (non-hydrogen) atoms. The van der Waals surface area contributed by atoms with Crippen molar-refractivity contribution in [1.82, 2.24) is 20.2 Å². The number of imidazole rings is 1. The van der Waals surface area contributed by atoms with Gasteiger partial charge in [0.2, 0.25) is 0 Å². The smallest absolute Gasteiger partial charge is 0.407 e. The molecule has 8 nitrogen and oxygen atoms in total. The van der Waals surface area contributed by atoms with Gasteiger partial charge in [-0.3, -0.25) is 4.79 Å². The first-order chi connectivity index (χ1) is 9.11. The molecule has 1 aromatic rings. The number of nitrogens with one attached hydrogen (secondary N) is 2. The lowest BCUT2D eigenvalue weighted by Gasteiger charge is -2.36. The molecule has 2 rings (SSSR count). The van der Waals surface area contributed by atoms with Crippen LogP contribution in [-0.2, 0) is 4.74 Å². The highest BCUT2D eigenvalue weighted by Crippen LogP contribution is 2.14. The fraction of sp³-hybridized carbons (Fsp3) is 0.545. The number of carbonyl (C=O) groups is 2. The molecule has 1 aliphatic rings. The number of aromatic amines is 1. The number of methoxy groups -OCH3 is 1. The van der Waals surface area contributed by atoms with Gasteiger partial charge < -0.3 is 25.0 Å². The molecule has 2 heterocycles. The molecule has 0 radical (unpaired) electrons. The molecule has 8 heteroatoms. The van der Waals surface area contributed by atoms with Crippen LogP contribution < -0.4 is 5.32 Å². The highest BCUT2D eigenvalue weighted by molar-refractivity contribution is 5.90. The Labute approximate surface area is 109 Å². The van der Waals surface area contributed by atoms with Crippen molar-refractivity contribution in [2.45, 2.75) is 18.6 Å². The number of carbonyl (C=O) groups excluding carboxylic acids is 1. The SMILES string of the molecule is CO[C@H]1CN(C(=O)O)CC[C@H]1NC(=O)c1ncc[nH]1. The minimum absolute atomic E-state index is 0.224. The van der Waals surface area contributed by atoms with Crippen LogP contribution in [0.5, 0.6) is 0 Å². The van der Waals surface area contributed by atoms with Gasteiger partial charge in [0.05, 0.1) is 18.7 Å². The summed E-state index contributed by atoms with van der Waals surface area (Å²) in [4.78, 5) is 30.6. The molecule has 3 N–H and O–H groups in total. The largest absolute Gasteiger partial charge is 0.465 e. The van der Waals surface area contributed by atoms with E-state index in [9.17, 15) is 9.59 Å². The van der Waals surface area contributed by atoms with Crippen LogP contribution >= 0.6 is 0 Å². The van der Waals surface area contributed by atoms with E-state index in [-0.39, 0.29) is 30.4 Å². The summed E-state index contributed by atoms with van der Waals surface area (Å²) < 4.78 is 5.25. The molecule has 0 bridgehead atoms. The third kappa shape index (κ3) is 3.02. The predicted octanol–water partition coefficient (Wildman–Crippen LogP) is -0.0932. The van der Waals surface area contributed by atoms with Crippen LogP contribution in [0.25, 0.3) is 0 Å². The molecule has 0 aromatic carbocycles. The average molecular weight is 268 g/mol. The Balaban J connectivity index is 1.97. The minimum Gasteiger partial charge on any atom is -0.465 e. The van der Waals surface area contributed by atoms with Gasteiger partial charge >= 0.3 is 6.09 Å². The molecule has 0 saturated carbocycles. The van der Waals surface area contributed by atoms with E-state index in [1.165, 1.54) is 18.2 Å². The predicted molar refractivity (Wildman–Crippen MR) is 64.9 cm³/mol. The lowest BCUT2D eigenvalue weighted by molar-refractivity contribution is 0.0100. The number of amides is 2.